The monoisotopic (exact) mass is 275 g/mol. The molecule has 0 aliphatic rings. The Bertz CT molecular complexity index is 446. The van der Waals surface area contributed by atoms with Crippen LogP contribution in [0, 0.1) is 17.5 Å². The predicted molar refractivity (Wildman–Crippen MR) is 65.3 cm³/mol. The molecule has 0 atom stereocenters. The fourth-order valence-corrected chi connectivity index (χ4v) is 1.36. The first-order valence-electron chi connectivity index (χ1n) is 5.79. The molecule has 1 rings (SSSR count). The molecule has 0 amide bonds. The minimum Gasteiger partial charge on any atom is -0.460 e. The molecular formula is C13H16F3NO2. The highest BCUT2D eigenvalue weighted by molar-refractivity contribution is 5.70. The molecular weight excluding hydrogens is 259 g/mol. The van der Waals surface area contributed by atoms with Crippen molar-refractivity contribution in [3.63, 3.8) is 0 Å². The van der Waals surface area contributed by atoms with Gasteiger partial charge >= 0.3 is 5.97 Å². The number of hydrogen-bond donors (Lipinski definition) is 1. The van der Waals surface area contributed by atoms with Gasteiger partial charge in [-0.25, -0.2) is 13.2 Å². The predicted octanol–water partition coefficient (Wildman–Crippen LogP) is 3.25. The second-order valence-electron chi connectivity index (χ2n) is 5.02. The lowest BCUT2D eigenvalue weighted by molar-refractivity contribution is -0.154. The average Bonchev–Trinajstić information content (AvgIpc) is 2.23. The molecule has 3 nitrogen and oxygen atoms in total. The second-order valence-corrected chi connectivity index (χ2v) is 5.02. The molecule has 0 spiro atoms. The van der Waals surface area contributed by atoms with Crippen molar-refractivity contribution < 1.29 is 22.7 Å². The van der Waals surface area contributed by atoms with Crippen LogP contribution in [0.4, 0.5) is 18.9 Å². The van der Waals surface area contributed by atoms with Crippen molar-refractivity contribution in [2.45, 2.75) is 32.8 Å². The van der Waals surface area contributed by atoms with Gasteiger partial charge in [0.25, 0.3) is 0 Å². The Balaban J connectivity index is 2.48. The summed E-state index contributed by atoms with van der Waals surface area (Å²) in [7, 11) is 0. The van der Waals surface area contributed by atoms with Crippen LogP contribution >= 0.6 is 0 Å². The average molecular weight is 275 g/mol. The van der Waals surface area contributed by atoms with Crippen molar-refractivity contribution in [2.24, 2.45) is 0 Å². The molecule has 0 saturated carbocycles. The Morgan fingerprint density at radius 2 is 1.74 bits per heavy atom. The van der Waals surface area contributed by atoms with E-state index in [0.717, 1.165) is 12.1 Å². The third-order valence-electron chi connectivity index (χ3n) is 2.06. The summed E-state index contributed by atoms with van der Waals surface area (Å²) in [6.07, 6.45) is 0.0396. The van der Waals surface area contributed by atoms with Gasteiger partial charge in [0, 0.05) is 24.4 Å². The van der Waals surface area contributed by atoms with Gasteiger partial charge in [-0.15, -0.1) is 0 Å². The third-order valence-corrected chi connectivity index (χ3v) is 2.06. The third kappa shape index (κ3) is 5.19. The van der Waals surface area contributed by atoms with Gasteiger partial charge in [-0.05, 0) is 20.8 Å². The van der Waals surface area contributed by atoms with Crippen LogP contribution in [0.25, 0.3) is 0 Å². The van der Waals surface area contributed by atoms with E-state index in [-0.39, 0.29) is 18.7 Å². The number of nitrogens with one attached hydrogen (secondary N) is 1. The van der Waals surface area contributed by atoms with Gasteiger partial charge < -0.3 is 10.1 Å². The zero-order chi connectivity index (χ0) is 14.6. The molecule has 1 aromatic carbocycles. The number of ether oxygens (including phenoxy) is 1. The zero-order valence-electron chi connectivity index (χ0n) is 11.0. The Kier molecular flexibility index (Phi) is 4.80. The maximum Gasteiger partial charge on any atom is 0.308 e. The van der Waals surface area contributed by atoms with Gasteiger partial charge in [0.15, 0.2) is 17.5 Å². The van der Waals surface area contributed by atoms with E-state index in [0.29, 0.717) is 0 Å². The standard InChI is InChI=1S/C13H16F3NO2/c1-13(2,3)19-11(18)4-5-17-8-6-9(14)12(16)10(15)7-8/h6-7,17H,4-5H2,1-3H3. The summed E-state index contributed by atoms with van der Waals surface area (Å²) in [5.41, 5.74) is -0.509. The minimum absolute atomic E-state index is 0.0396. The molecule has 1 aromatic rings. The van der Waals surface area contributed by atoms with Gasteiger partial charge in [0.1, 0.15) is 5.60 Å². The molecule has 0 fully saturated rings. The largest absolute Gasteiger partial charge is 0.460 e. The van der Waals surface area contributed by atoms with E-state index < -0.39 is 29.0 Å². The van der Waals surface area contributed by atoms with E-state index >= 15 is 0 Å². The van der Waals surface area contributed by atoms with Crippen LogP contribution in [0.2, 0.25) is 0 Å². The van der Waals surface area contributed by atoms with Crippen LogP contribution in [-0.4, -0.2) is 18.1 Å². The van der Waals surface area contributed by atoms with Crippen LogP contribution in [0.1, 0.15) is 27.2 Å². The number of esters is 1. The van der Waals surface area contributed by atoms with E-state index in [1.807, 2.05) is 0 Å². The highest BCUT2D eigenvalue weighted by atomic mass is 19.2. The summed E-state index contributed by atoms with van der Waals surface area (Å²) < 4.78 is 43.6. The van der Waals surface area contributed by atoms with Crippen molar-refractivity contribution in [1.29, 1.82) is 0 Å². The molecule has 0 saturated heterocycles. The van der Waals surface area contributed by atoms with Crippen LogP contribution < -0.4 is 5.32 Å². The first-order valence-corrected chi connectivity index (χ1v) is 5.79. The van der Waals surface area contributed by atoms with Crippen molar-refractivity contribution in [3.8, 4) is 0 Å². The van der Waals surface area contributed by atoms with Crippen molar-refractivity contribution >= 4 is 11.7 Å². The van der Waals surface area contributed by atoms with E-state index in [4.69, 9.17) is 4.74 Å². The molecule has 0 aromatic heterocycles. The Hall–Kier alpha value is -1.72. The van der Waals surface area contributed by atoms with Crippen LogP contribution in [0.5, 0.6) is 0 Å². The van der Waals surface area contributed by atoms with E-state index in [9.17, 15) is 18.0 Å². The molecule has 19 heavy (non-hydrogen) atoms. The van der Waals surface area contributed by atoms with Crippen LogP contribution in [0.3, 0.4) is 0 Å². The zero-order valence-corrected chi connectivity index (χ0v) is 11.0. The summed E-state index contributed by atoms with van der Waals surface area (Å²) in [5.74, 6) is -4.50. The van der Waals surface area contributed by atoms with Gasteiger partial charge in [0.05, 0.1) is 6.42 Å². The lowest BCUT2D eigenvalue weighted by Gasteiger charge is -2.19. The number of benzene rings is 1. The summed E-state index contributed by atoms with van der Waals surface area (Å²) in [4.78, 5) is 11.4. The molecule has 0 aliphatic carbocycles. The molecule has 0 aliphatic heterocycles. The van der Waals surface area contributed by atoms with Crippen LogP contribution in [-0.2, 0) is 9.53 Å². The molecule has 6 heteroatoms. The lowest BCUT2D eigenvalue weighted by Crippen LogP contribution is -2.25. The van der Waals surface area contributed by atoms with E-state index in [1.165, 1.54) is 0 Å². The topological polar surface area (TPSA) is 38.3 Å². The SMILES string of the molecule is CC(C)(C)OC(=O)CCNc1cc(F)c(F)c(F)c1. The summed E-state index contributed by atoms with van der Waals surface area (Å²) in [6, 6.07) is 1.65. The first kappa shape index (κ1) is 15.3. The Labute approximate surface area is 109 Å². The minimum atomic E-state index is -1.52. The Morgan fingerprint density at radius 3 is 2.21 bits per heavy atom. The molecule has 0 radical (unpaired) electrons. The van der Waals surface area contributed by atoms with E-state index in [2.05, 4.69) is 5.32 Å². The molecule has 106 valence electrons. The van der Waals surface area contributed by atoms with Crippen molar-refractivity contribution in [3.05, 3.63) is 29.6 Å². The number of rotatable bonds is 4. The summed E-state index contributed by atoms with van der Waals surface area (Å²) in [6.45, 7) is 5.36. The van der Waals surface area contributed by atoms with Crippen molar-refractivity contribution in [2.75, 3.05) is 11.9 Å². The smallest absolute Gasteiger partial charge is 0.308 e. The maximum atomic E-state index is 12.9. The van der Waals surface area contributed by atoms with Crippen molar-refractivity contribution in [1.82, 2.24) is 0 Å². The maximum absolute atomic E-state index is 12.9. The number of carbonyl (C=O) groups excluding carboxylic acids is 1. The fourth-order valence-electron chi connectivity index (χ4n) is 1.36. The lowest BCUT2D eigenvalue weighted by atomic mass is 10.2. The highest BCUT2D eigenvalue weighted by Crippen LogP contribution is 2.17. The summed E-state index contributed by atoms with van der Waals surface area (Å²) in [5, 5.41) is 2.62. The van der Waals surface area contributed by atoms with Gasteiger partial charge in [0.2, 0.25) is 0 Å². The van der Waals surface area contributed by atoms with E-state index in [1.54, 1.807) is 20.8 Å². The number of halogens is 3. The highest BCUT2D eigenvalue weighted by Gasteiger charge is 2.16. The normalized spacial score (nSPS) is 11.3. The number of hydrogen-bond acceptors (Lipinski definition) is 3. The van der Waals surface area contributed by atoms with Gasteiger partial charge in [-0.3, -0.25) is 4.79 Å². The summed E-state index contributed by atoms with van der Waals surface area (Å²) >= 11 is 0. The molecule has 0 bridgehead atoms. The van der Waals surface area contributed by atoms with Gasteiger partial charge in [-0.1, -0.05) is 0 Å². The number of anilines is 1. The fraction of sp³-hybridized carbons (Fsp3) is 0.462. The molecule has 0 unspecified atom stereocenters. The van der Waals surface area contributed by atoms with Crippen LogP contribution in [0.15, 0.2) is 12.1 Å². The number of carbonyl (C=O) groups is 1. The first-order chi connectivity index (χ1) is 8.69. The van der Waals surface area contributed by atoms with Gasteiger partial charge in [-0.2, -0.15) is 0 Å². The quantitative estimate of drug-likeness (QED) is 0.677. The Morgan fingerprint density at radius 1 is 1.21 bits per heavy atom. The molecule has 0 heterocycles. The molecule has 1 N–H and O–H groups in total. The second kappa shape index (κ2) is 5.95.